The smallest absolute Gasteiger partial charge is 0.410 e. The lowest BCUT2D eigenvalue weighted by Crippen LogP contribution is -2.58. The number of benzene rings is 3. The van der Waals surface area contributed by atoms with Crippen LogP contribution in [-0.2, 0) is 33.8 Å². The molecule has 0 spiro atoms. The molecule has 240 valence electrons. The number of primary amides is 1. The molecule has 10 heteroatoms. The number of nitrogens with zero attached hydrogens (tertiary/aromatic N) is 2. The van der Waals surface area contributed by atoms with Gasteiger partial charge in [0.2, 0.25) is 11.8 Å². The average Bonchev–Trinajstić information content (AvgIpc) is 3.06. The summed E-state index contributed by atoms with van der Waals surface area (Å²) in [5.74, 6) is 1.15. The average molecular weight is 650 g/mol. The molecule has 1 aliphatic rings. The van der Waals surface area contributed by atoms with Gasteiger partial charge < -0.3 is 20.5 Å². The van der Waals surface area contributed by atoms with Crippen LogP contribution in [0.1, 0.15) is 48.8 Å². The lowest BCUT2D eigenvalue weighted by Gasteiger charge is -2.37. The molecule has 0 aliphatic carbocycles. The second kappa shape index (κ2) is 18.4. The molecule has 0 radical (unpaired) electrons. The van der Waals surface area contributed by atoms with Gasteiger partial charge in [-0.05, 0) is 54.5 Å². The van der Waals surface area contributed by atoms with Crippen molar-refractivity contribution in [3.8, 4) is 5.75 Å². The predicted octanol–water partition coefficient (Wildman–Crippen LogP) is 6.21. The lowest BCUT2D eigenvalue weighted by molar-refractivity contribution is -0.143. The molecule has 0 aromatic heterocycles. The summed E-state index contributed by atoms with van der Waals surface area (Å²) in [6, 6.07) is 23.8. The van der Waals surface area contributed by atoms with Gasteiger partial charge in [-0.25, -0.2) is 4.79 Å². The summed E-state index contributed by atoms with van der Waals surface area (Å²) >= 11 is 0. The van der Waals surface area contributed by atoms with Crippen LogP contribution in [0.5, 0.6) is 5.75 Å². The van der Waals surface area contributed by atoms with E-state index in [1.165, 1.54) is 0 Å². The van der Waals surface area contributed by atoms with E-state index >= 15 is 0 Å². The number of hydrogen-bond acceptors (Lipinski definition) is 7. The van der Waals surface area contributed by atoms with Gasteiger partial charge in [0.25, 0.3) is 0 Å². The van der Waals surface area contributed by atoms with Crippen molar-refractivity contribution in [2.75, 3.05) is 24.6 Å². The molecule has 1 saturated heterocycles. The Bertz CT molecular complexity index is 1340. The predicted molar refractivity (Wildman–Crippen MR) is 182 cm³/mol. The highest BCUT2D eigenvalue weighted by Crippen LogP contribution is 2.26. The van der Waals surface area contributed by atoms with Crippen molar-refractivity contribution in [3.63, 3.8) is 0 Å². The van der Waals surface area contributed by atoms with Crippen molar-refractivity contribution < 1.29 is 24.2 Å². The van der Waals surface area contributed by atoms with E-state index in [9.17, 15) is 19.5 Å². The van der Waals surface area contributed by atoms with Gasteiger partial charge in [0.1, 0.15) is 24.4 Å². The molecule has 3 aromatic rings. The first-order valence-corrected chi connectivity index (χ1v) is 18.0. The second-order valence-corrected chi connectivity index (χ2v) is 13.9. The molecule has 1 fully saturated rings. The standard InChI is InChI=1S/C35H43N3O5S2/c36-33(40)31(24-28-16-18-30(39)19-17-28)37-20-8-3-10-22-44-45-23-11-9-21-38(35(42)43-26-29-14-6-2-7-15-29)32(34(37)41)25-27-12-4-1-5-13-27/h1-2,4-7,12-19,31-32,39H,3,8-11,20-26H2,(H2,36,40)/t31-,32+/m1/s1. The summed E-state index contributed by atoms with van der Waals surface area (Å²) < 4.78 is 5.81. The van der Waals surface area contributed by atoms with Gasteiger partial charge in [-0.15, -0.1) is 0 Å². The van der Waals surface area contributed by atoms with Gasteiger partial charge in [0.15, 0.2) is 0 Å². The van der Waals surface area contributed by atoms with Crippen molar-refractivity contribution in [2.45, 2.75) is 63.6 Å². The molecule has 3 amide bonds. The SMILES string of the molecule is NC(=O)[C@@H](Cc1ccc(O)cc1)N1CCCCCSSCCCCN(C(=O)OCc2ccccc2)[C@@H](Cc2ccccc2)C1=O. The van der Waals surface area contributed by atoms with E-state index in [2.05, 4.69) is 0 Å². The minimum Gasteiger partial charge on any atom is -0.508 e. The van der Waals surface area contributed by atoms with Crippen molar-refractivity contribution in [1.82, 2.24) is 9.80 Å². The third-order valence-electron chi connectivity index (χ3n) is 7.81. The number of hydrogen-bond donors (Lipinski definition) is 2. The first-order valence-electron chi connectivity index (χ1n) is 15.6. The topological polar surface area (TPSA) is 113 Å². The summed E-state index contributed by atoms with van der Waals surface area (Å²) in [6.07, 6.45) is 4.11. The molecule has 1 heterocycles. The molecule has 4 rings (SSSR count). The maximum absolute atomic E-state index is 14.8. The van der Waals surface area contributed by atoms with Crippen molar-refractivity contribution >= 4 is 39.5 Å². The quantitative estimate of drug-likeness (QED) is 0.279. The number of aromatic hydroxyl groups is 1. The Kier molecular flexibility index (Phi) is 14.0. The summed E-state index contributed by atoms with van der Waals surface area (Å²) in [7, 11) is 3.70. The number of carbonyl (C=O) groups excluding carboxylic acids is 3. The van der Waals surface area contributed by atoms with E-state index in [1.807, 2.05) is 82.3 Å². The van der Waals surface area contributed by atoms with Crippen LogP contribution in [-0.4, -0.2) is 69.5 Å². The fourth-order valence-electron chi connectivity index (χ4n) is 5.36. The molecular formula is C35H43N3O5S2. The number of phenolic OH excluding ortho intramolecular Hbond substituents is 1. The second-order valence-electron chi connectivity index (χ2n) is 11.2. The maximum Gasteiger partial charge on any atom is 0.410 e. The zero-order valence-corrected chi connectivity index (χ0v) is 27.2. The molecule has 0 bridgehead atoms. The maximum atomic E-state index is 14.8. The molecule has 45 heavy (non-hydrogen) atoms. The molecule has 0 saturated carbocycles. The third-order valence-corrected chi connectivity index (χ3v) is 10.4. The Labute approximate surface area is 274 Å². The lowest BCUT2D eigenvalue weighted by atomic mass is 9.99. The Morgan fingerprint density at radius 1 is 0.800 bits per heavy atom. The largest absolute Gasteiger partial charge is 0.508 e. The Morgan fingerprint density at radius 3 is 2.04 bits per heavy atom. The Hall–Kier alpha value is -3.63. The van der Waals surface area contributed by atoms with Crippen LogP contribution in [0.4, 0.5) is 4.79 Å². The van der Waals surface area contributed by atoms with Crippen LogP contribution in [0.2, 0.25) is 0 Å². The molecule has 0 unspecified atom stereocenters. The monoisotopic (exact) mass is 649 g/mol. The van der Waals surface area contributed by atoms with Gasteiger partial charge in [-0.3, -0.25) is 14.5 Å². The summed E-state index contributed by atoms with van der Waals surface area (Å²) in [5, 5.41) is 9.79. The minimum atomic E-state index is -0.928. The van der Waals surface area contributed by atoms with Crippen LogP contribution in [0.3, 0.4) is 0 Å². The van der Waals surface area contributed by atoms with Crippen LogP contribution < -0.4 is 5.73 Å². The normalized spacial score (nSPS) is 18.0. The van der Waals surface area contributed by atoms with E-state index < -0.39 is 24.1 Å². The van der Waals surface area contributed by atoms with Crippen LogP contribution in [0, 0.1) is 0 Å². The molecule has 3 aromatic carbocycles. The first kappa shape index (κ1) is 34.2. The highest BCUT2D eigenvalue weighted by Gasteiger charge is 2.38. The Balaban J connectivity index is 1.70. The summed E-state index contributed by atoms with van der Waals surface area (Å²) in [5.41, 5.74) is 8.52. The number of nitrogens with two attached hydrogens (primary N) is 1. The number of amides is 3. The van der Waals surface area contributed by atoms with E-state index in [0.717, 1.165) is 47.5 Å². The van der Waals surface area contributed by atoms with E-state index in [0.29, 0.717) is 25.9 Å². The number of carbonyl (C=O) groups is 3. The number of ether oxygens (including phenoxy) is 1. The molecular weight excluding hydrogens is 607 g/mol. The summed E-state index contributed by atoms with van der Waals surface area (Å²) in [6.45, 7) is 0.763. The molecule has 1 aliphatic heterocycles. The van der Waals surface area contributed by atoms with Crippen LogP contribution in [0.25, 0.3) is 0 Å². The van der Waals surface area contributed by atoms with E-state index in [1.54, 1.807) is 34.1 Å². The Morgan fingerprint density at radius 2 is 1.40 bits per heavy atom. The van der Waals surface area contributed by atoms with Crippen molar-refractivity contribution in [2.24, 2.45) is 5.73 Å². The zero-order chi connectivity index (χ0) is 31.9. The fraction of sp³-hybridized carbons (Fsp3) is 0.400. The number of phenols is 1. The highest BCUT2D eigenvalue weighted by atomic mass is 33.1. The number of rotatable bonds is 8. The van der Waals surface area contributed by atoms with Gasteiger partial charge >= 0.3 is 6.09 Å². The van der Waals surface area contributed by atoms with E-state index in [-0.39, 0.29) is 31.1 Å². The molecule has 8 nitrogen and oxygen atoms in total. The highest BCUT2D eigenvalue weighted by molar-refractivity contribution is 8.76. The van der Waals surface area contributed by atoms with E-state index in [4.69, 9.17) is 10.5 Å². The van der Waals surface area contributed by atoms with Gasteiger partial charge in [0, 0.05) is 37.4 Å². The first-order chi connectivity index (χ1) is 21.9. The summed E-state index contributed by atoms with van der Waals surface area (Å²) in [4.78, 5) is 44.8. The molecule has 2 atom stereocenters. The fourth-order valence-corrected chi connectivity index (χ4v) is 7.65. The van der Waals surface area contributed by atoms with Gasteiger partial charge in [-0.2, -0.15) is 0 Å². The van der Waals surface area contributed by atoms with Crippen LogP contribution in [0.15, 0.2) is 84.9 Å². The van der Waals surface area contributed by atoms with Crippen molar-refractivity contribution in [1.29, 1.82) is 0 Å². The zero-order valence-electron chi connectivity index (χ0n) is 25.6. The van der Waals surface area contributed by atoms with Crippen molar-refractivity contribution in [3.05, 3.63) is 102 Å². The van der Waals surface area contributed by atoms with Crippen LogP contribution >= 0.6 is 21.6 Å². The minimum absolute atomic E-state index is 0.0867. The third kappa shape index (κ3) is 11.0. The van der Waals surface area contributed by atoms with Gasteiger partial charge in [0.05, 0.1) is 0 Å². The van der Waals surface area contributed by atoms with Gasteiger partial charge in [-0.1, -0.05) is 101 Å². The molecule has 3 N–H and O–H groups in total.